The first kappa shape index (κ1) is 48.2. The van der Waals surface area contributed by atoms with Gasteiger partial charge < -0.3 is 30.5 Å². The fourth-order valence-corrected chi connectivity index (χ4v) is 12.9. The van der Waals surface area contributed by atoms with Crippen LogP contribution in [0.4, 0.5) is 20.6 Å². The van der Waals surface area contributed by atoms with Crippen molar-refractivity contribution in [2.75, 3.05) is 36.9 Å². The maximum absolute atomic E-state index is 15.8. The highest BCUT2D eigenvalue weighted by atomic mass is 35.5. The number of imide groups is 1. The molecule has 3 aromatic carbocycles. The molecular formula is C46H49ClFN7O11S2. The molecule has 0 bridgehead atoms. The van der Waals surface area contributed by atoms with Crippen LogP contribution in [0, 0.1) is 5.82 Å². The van der Waals surface area contributed by atoms with Crippen molar-refractivity contribution in [2.24, 2.45) is 7.05 Å². The largest absolute Gasteiger partial charge is 0.479 e. The molecule has 8 rings (SSSR count). The van der Waals surface area contributed by atoms with Gasteiger partial charge in [-0.3, -0.25) is 24.0 Å². The van der Waals surface area contributed by atoms with Gasteiger partial charge in [0.2, 0.25) is 21.8 Å². The lowest BCUT2D eigenvalue weighted by atomic mass is 9.89. The van der Waals surface area contributed by atoms with Crippen LogP contribution in [0.3, 0.4) is 0 Å². The number of ether oxygens (including phenoxy) is 1. The highest BCUT2D eigenvalue weighted by Gasteiger charge is 2.42. The molecule has 2 aromatic heterocycles. The van der Waals surface area contributed by atoms with Crippen molar-refractivity contribution in [3.8, 4) is 16.2 Å². The Morgan fingerprint density at radius 2 is 1.68 bits per heavy atom. The quantitative estimate of drug-likeness (QED) is 0.0785. The number of sulfonamides is 1. The number of aliphatic carboxylic acids is 1. The minimum absolute atomic E-state index is 0.0138. The number of aromatic carboxylic acids is 1. The number of carboxylic acids is 2. The molecule has 2 atom stereocenters. The number of hydrogen-bond acceptors (Lipinski definition) is 11. The molecule has 0 aliphatic carbocycles. The summed E-state index contributed by atoms with van der Waals surface area (Å²) in [6.07, 6.45) is 2.02. The average molecular weight is 995 g/mol. The first-order valence-electron chi connectivity index (χ1n) is 21.9. The molecule has 360 valence electrons. The van der Waals surface area contributed by atoms with Crippen molar-refractivity contribution >= 4 is 85.2 Å². The molecule has 5 N–H and O–H groups in total. The molecule has 0 saturated carbocycles. The smallest absolute Gasteiger partial charge is 0.349 e. The molecule has 5 aromatic rings. The highest BCUT2D eigenvalue weighted by Crippen LogP contribution is 2.46. The number of hydrogen-bond donors (Lipinski definition) is 5. The summed E-state index contributed by atoms with van der Waals surface area (Å²) in [4.78, 5) is 75.8. The van der Waals surface area contributed by atoms with E-state index in [2.05, 4.69) is 16.0 Å². The van der Waals surface area contributed by atoms with Crippen LogP contribution in [0.25, 0.3) is 21.5 Å². The van der Waals surface area contributed by atoms with Gasteiger partial charge in [0, 0.05) is 62.1 Å². The number of anilines is 2. The highest BCUT2D eigenvalue weighted by molar-refractivity contribution is 7.88. The first-order valence-corrected chi connectivity index (χ1v) is 24.7. The van der Waals surface area contributed by atoms with E-state index in [0.29, 0.717) is 77.2 Å². The predicted octanol–water partition coefficient (Wildman–Crippen LogP) is 6.60. The van der Waals surface area contributed by atoms with Crippen LogP contribution in [0.1, 0.15) is 85.1 Å². The Bertz CT molecular complexity index is 3030. The van der Waals surface area contributed by atoms with Crippen LogP contribution in [0.15, 0.2) is 65.5 Å². The van der Waals surface area contributed by atoms with Crippen LogP contribution >= 0.6 is 22.9 Å². The SMILES string of the molecule is Cn1c(=O)n(C2CCC(=O)NC2=O)c2cc(F)c(C3CCN(C(=O)Nc4cccc(CS(=O)(=O)N5CC[C@H](Nc6cccc(-c7sc(C(=O)O)c(OCC(=O)O)c7Cl)c6)CC5(C)C)c4)CC3)cc21. The van der Waals surface area contributed by atoms with E-state index in [4.69, 9.17) is 21.4 Å². The lowest BCUT2D eigenvalue weighted by Crippen LogP contribution is -2.55. The third-order valence-electron chi connectivity index (χ3n) is 12.8. The number of carbonyl (C=O) groups excluding carboxylic acids is 3. The fourth-order valence-electron chi connectivity index (χ4n) is 9.56. The summed E-state index contributed by atoms with van der Waals surface area (Å²) in [6.45, 7) is 3.82. The summed E-state index contributed by atoms with van der Waals surface area (Å²) >= 11 is 7.38. The van der Waals surface area contributed by atoms with Crippen molar-refractivity contribution in [1.29, 1.82) is 0 Å². The molecule has 22 heteroatoms. The molecule has 0 radical (unpaired) electrons. The van der Waals surface area contributed by atoms with Gasteiger partial charge in [0.25, 0.3) is 0 Å². The Balaban J connectivity index is 0.867. The van der Waals surface area contributed by atoms with E-state index in [0.717, 1.165) is 11.3 Å². The topological polar surface area (TPSA) is 239 Å². The number of aromatic nitrogens is 2. The zero-order chi connectivity index (χ0) is 48.8. The zero-order valence-corrected chi connectivity index (χ0v) is 39.6. The van der Waals surface area contributed by atoms with Crippen LogP contribution in [-0.4, -0.2) is 105 Å². The lowest BCUT2D eigenvalue weighted by molar-refractivity contribution is -0.139. The summed E-state index contributed by atoms with van der Waals surface area (Å²) in [5, 5.41) is 27.4. The number of likely N-dealkylation sites (tertiary alicyclic amines) is 1. The molecule has 3 aliphatic rings. The molecule has 68 heavy (non-hydrogen) atoms. The van der Waals surface area contributed by atoms with Crippen LogP contribution in [0.5, 0.6) is 5.75 Å². The number of amides is 4. The average Bonchev–Trinajstić information content (AvgIpc) is 3.73. The number of halogens is 2. The molecule has 4 amide bonds. The molecule has 3 fully saturated rings. The maximum atomic E-state index is 15.8. The third kappa shape index (κ3) is 9.83. The number of rotatable bonds is 13. The van der Waals surface area contributed by atoms with Gasteiger partial charge in [-0.05, 0) is 98.9 Å². The lowest BCUT2D eigenvalue weighted by Gasteiger charge is -2.45. The molecule has 0 spiro atoms. The van der Waals surface area contributed by atoms with Crippen molar-refractivity contribution < 1.29 is 51.7 Å². The second-order valence-electron chi connectivity index (χ2n) is 17.9. The number of benzene rings is 3. The Kier molecular flexibility index (Phi) is 13.5. The van der Waals surface area contributed by atoms with Gasteiger partial charge >= 0.3 is 23.7 Å². The third-order valence-corrected chi connectivity index (χ3v) is 16.5. The molecule has 3 aliphatic heterocycles. The van der Waals surface area contributed by atoms with E-state index < -0.39 is 63.5 Å². The van der Waals surface area contributed by atoms with Crippen molar-refractivity contribution in [1.82, 2.24) is 23.7 Å². The van der Waals surface area contributed by atoms with E-state index in [9.17, 15) is 42.3 Å². The van der Waals surface area contributed by atoms with Crippen molar-refractivity contribution in [3.05, 3.63) is 98.0 Å². The van der Waals surface area contributed by atoms with E-state index in [1.54, 1.807) is 60.5 Å². The van der Waals surface area contributed by atoms with Crippen LogP contribution < -0.4 is 26.4 Å². The minimum atomic E-state index is -3.84. The minimum Gasteiger partial charge on any atom is -0.479 e. The number of urea groups is 1. The molecule has 5 heterocycles. The zero-order valence-electron chi connectivity index (χ0n) is 37.2. The van der Waals surface area contributed by atoms with Gasteiger partial charge in [0.1, 0.15) is 16.9 Å². The van der Waals surface area contributed by atoms with E-state index in [-0.39, 0.29) is 64.3 Å². The van der Waals surface area contributed by atoms with Gasteiger partial charge in [-0.15, -0.1) is 11.3 Å². The Morgan fingerprint density at radius 3 is 2.37 bits per heavy atom. The van der Waals surface area contributed by atoms with E-state index in [1.807, 2.05) is 19.9 Å². The Labute approximate surface area is 398 Å². The molecule has 18 nitrogen and oxygen atoms in total. The molecule has 1 unspecified atom stereocenters. The van der Waals surface area contributed by atoms with Gasteiger partial charge in [0.05, 0.1) is 21.7 Å². The van der Waals surface area contributed by atoms with E-state index >= 15 is 4.39 Å². The number of carbonyl (C=O) groups is 5. The Morgan fingerprint density at radius 1 is 0.956 bits per heavy atom. The van der Waals surface area contributed by atoms with Gasteiger partial charge in [-0.25, -0.2) is 32.0 Å². The summed E-state index contributed by atoms with van der Waals surface area (Å²) in [6, 6.07) is 15.2. The summed E-state index contributed by atoms with van der Waals surface area (Å²) < 4.78 is 53.2. The predicted molar refractivity (Wildman–Crippen MR) is 252 cm³/mol. The number of fused-ring (bicyclic) bond motifs is 1. The number of thiophene rings is 1. The standard InChI is InChI=1S/C46H49ClFN7O11S2/c1-46(2)22-30(49-29-9-5-7-27(19-29)40-38(47)39(66-23-37(57)58)41(67-40)43(60)61)14-17-54(46)68(64,65)24-25-6-4-8-28(18-25)50-44(62)53-15-12-26(13-16-53)31-20-34-35(21-32(31)48)55(45(63)52(34)3)33-10-11-36(56)51-42(33)59/h4-9,18-21,26,30,33,49H,10-17,22-24H2,1-3H3,(H,50,62)(H,57,58)(H,60,61)(H,51,56,59)/t30-,33?/m0/s1. The summed E-state index contributed by atoms with van der Waals surface area (Å²) in [5.74, 6) is -4.92. The second-order valence-corrected chi connectivity index (χ2v) is 21.2. The number of nitrogens with one attached hydrogen (secondary N) is 3. The van der Waals surface area contributed by atoms with Crippen molar-refractivity contribution in [3.63, 3.8) is 0 Å². The monoisotopic (exact) mass is 993 g/mol. The summed E-state index contributed by atoms with van der Waals surface area (Å²) in [5.41, 5.74) is 2.00. The maximum Gasteiger partial charge on any atom is 0.349 e. The van der Waals surface area contributed by atoms with Gasteiger partial charge in [-0.2, -0.15) is 4.31 Å². The number of imidazole rings is 1. The van der Waals surface area contributed by atoms with Gasteiger partial charge in [0.15, 0.2) is 17.2 Å². The number of piperidine rings is 3. The molecule has 3 saturated heterocycles. The van der Waals surface area contributed by atoms with E-state index in [1.165, 1.54) is 19.5 Å². The number of aryl methyl sites for hydroxylation is 1. The number of carboxylic acid groups (broad SMARTS) is 2. The Hall–Kier alpha value is -6.29. The normalized spacial score (nSPS) is 19.2. The van der Waals surface area contributed by atoms with Crippen molar-refractivity contribution in [2.45, 2.75) is 81.7 Å². The van der Waals surface area contributed by atoms with Crippen LogP contribution in [-0.2, 0) is 37.2 Å². The van der Waals surface area contributed by atoms with Gasteiger partial charge in [-0.1, -0.05) is 35.9 Å². The second kappa shape index (κ2) is 19.0. The fraction of sp³-hybridized carbons (Fsp3) is 0.391. The molecular weight excluding hydrogens is 945 g/mol. The summed E-state index contributed by atoms with van der Waals surface area (Å²) in [7, 11) is -2.30. The number of nitrogens with zero attached hydrogens (tertiary/aromatic N) is 4. The van der Waals surface area contributed by atoms with Crippen LogP contribution in [0.2, 0.25) is 5.02 Å². The first-order chi connectivity index (χ1) is 32.2.